The summed E-state index contributed by atoms with van der Waals surface area (Å²) >= 11 is 6.26. The molecule has 0 fully saturated rings. The third kappa shape index (κ3) is 3.61. The van der Waals surface area contributed by atoms with E-state index in [2.05, 4.69) is 18.7 Å². The third-order valence-corrected chi connectivity index (χ3v) is 3.53. The Labute approximate surface area is 114 Å². The number of hydrogen-bond acceptors (Lipinski definition) is 3. The van der Waals surface area contributed by atoms with Crippen molar-refractivity contribution in [2.24, 2.45) is 0 Å². The number of benzene rings is 1. The van der Waals surface area contributed by atoms with Crippen LogP contribution in [0.5, 0.6) is 0 Å². The van der Waals surface area contributed by atoms with Crippen molar-refractivity contribution in [2.45, 2.75) is 39.3 Å². The van der Waals surface area contributed by atoms with E-state index < -0.39 is 0 Å². The predicted octanol–water partition coefficient (Wildman–Crippen LogP) is 2.82. The molecule has 0 radical (unpaired) electrons. The second-order valence-corrected chi connectivity index (χ2v) is 4.74. The molecule has 0 saturated carbocycles. The van der Waals surface area contributed by atoms with Crippen molar-refractivity contribution in [3.05, 3.63) is 28.8 Å². The van der Waals surface area contributed by atoms with E-state index in [9.17, 15) is 5.11 Å². The molecule has 1 aromatic rings. The molecule has 0 unspecified atom stereocenters. The van der Waals surface area contributed by atoms with Crippen LogP contribution in [0.4, 0.5) is 5.69 Å². The van der Waals surface area contributed by atoms with Crippen molar-refractivity contribution in [3.8, 4) is 0 Å². The molecule has 1 aromatic carbocycles. The zero-order valence-corrected chi connectivity index (χ0v) is 11.8. The molecule has 102 valence electrons. The van der Waals surface area contributed by atoms with Gasteiger partial charge in [-0.05, 0) is 30.5 Å². The Kier molecular flexibility index (Phi) is 6.47. The fourth-order valence-electron chi connectivity index (χ4n) is 2.22. The molecule has 0 aliphatic carbocycles. The molecule has 0 aliphatic rings. The van der Waals surface area contributed by atoms with Crippen LogP contribution in [0.3, 0.4) is 0 Å². The van der Waals surface area contributed by atoms with Crippen molar-refractivity contribution >= 4 is 17.3 Å². The highest BCUT2D eigenvalue weighted by atomic mass is 35.5. The van der Waals surface area contributed by atoms with Gasteiger partial charge in [0, 0.05) is 12.6 Å². The first-order chi connectivity index (χ1) is 8.67. The Morgan fingerprint density at radius 3 is 2.33 bits per heavy atom. The molecule has 0 bridgehead atoms. The lowest BCUT2D eigenvalue weighted by molar-refractivity contribution is 0.281. The van der Waals surface area contributed by atoms with Gasteiger partial charge in [0.25, 0.3) is 0 Å². The highest BCUT2D eigenvalue weighted by Crippen LogP contribution is 2.29. The number of hydrogen-bond donors (Lipinski definition) is 2. The van der Waals surface area contributed by atoms with Gasteiger partial charge in [0.2, 0.25) is 0 Å². The van der Waals surface area contributed by atoms with Crippen LogP contribution in [-0.2, 0) is 6.61 Å². The molecule has 0 aromatic heterocycles. The van der Waals surface area contributed by atoms with Crippen molar-refractivity contribution in [3.63, 3.8) is 0 Å². The van der Waals surface area contributed by atoms with Crippen molar-refractivity contribution < 1.29 is 10.2 Å². The minimum Gasteiger partial charge on any atom is -0.395 e. The van der Waals surface area contributed by atoms with Crippen LogP contribution in [0.15, 0.2) is 18.2 Å². The van der Waals surface area contributed by atoms with Gasteiger partial charge in [-0.1, -0.05) is 31.5 Å². The second kappa shape index (κ2) is 7.62. The molecule has 18 heavy (non-hydrogen) atoms. The summed E-state index contributed by atoms with van der Waals surface area (Å²) in [7, 11) is 0. The average Bonchev–Trinajstić information content (AvgIpc) is 2.39. The van der Waals surface area contributed by atoms with E-state index in [0.717, 1.165) is 24.1 Å². The summed E-state index contributed by atoms with van der Waals surface area (Å²) in [5, 5.41) is 18.9. The van der Waals surface area contributed by atoms with Gasteiger partial charge in [0.15, 0.2) is 0 Å². The highest BCUT2D eigenvalue weighted by Gasteiger charge is 2.17. The smallest absolute Gasteiger partial charge is 0.0682 e. The van der Waals surface area contributed by atoms with Crippen molar-refractivity contribution in [2.75, 3.05) is 18.1 Å². The Balaban J connectivity index is 3.04. The molecule has 3 nitrogen and oxygen atoms in total. The fourth-order valence-corrected chi connectivity index (χ4v) is 2.53. The Morgan fingerprint density at radius 1 is 1.22 bits per heavy atom. The van der Waals surface area contributed by atoms with E-state index in [4.69, 9.17) is 16.7 Å². The molecule has 0 aliphatic heterocycles. The first-order valence-electron chi connectivity index (χ1n) is 6.44. The number of nitrogens with zero attached hydrogens (tertiary/aromatic N) is 1. The van der Waals surface area contributed by atoms with Crippen LogP contribution in [0.25, 0.3) is 0 Å². The Bertz CT molecular complexity index is 367. The molecular weight excluding hydrogens is 250 g/mol. The number of aliphatic hydroxyl groups is 2. The monoisotopic (exact) mass is 271 g/mol. The van der Waals surface area contributed by atoms with Gasteiger partial charge in [-0.15, -0.1) is 0 Å². The minimum absolute atomic E-state index is 0.00894. The van der Waals surface area contributed by atoms with Crippen LogP contribution in [0.2, 0.25) is 5.02 Å². The number of aliphatic hydroxyl groups excluding tert-OH is 2. The minimum atomic E-state index is -0.00894. The summed E-state index contributed by atoms with van der Waals surface area (Å²) in [5.74, 6) is 0. The lowest BCUT2D eigenvalue weighted by Gasteiger charge is -2.33. The lowest BCUT2D eigenvalue weighted by Crippen LogP contribution is -2.37. The van der Waals surface area contributed by atoms with Crippen LogP contribution >= 0.6 is 11.6 Å². The van der Waals surface area contributed by atoms with Crippen LogP contribution in [0.1, 0.15) is 32.3 Å². The standard InChI is InChI=1S/C14H22ClNO2/c1-3-12(4-2)16(7-8-17)14-6-5-11(10-18)9-13(14)15/h5-6,9,12,17-18H,3-4,7-8,10H2,1-2H3. The maximum atomic E-state index is 9.20. The van der Waals surface area contributed by atoms with E-state index in [1.807, 2.05) is 12.1 Å². The van der Waals surface area contributed by atoms with Gasteiger partial charge in [-0.2, -0.15) is 0 Å². The second-order valence-electron chi connectivity index (χ2n) is 4.33. The Hall–Kier alpha value is -0.770. The van der Waals surface area contributed by atoms with Gasteiger partial charge in [0.1, 0.15) is 0 Å². The molecule has 0 spiro atoms. The highest BCUT2D eigenvalue weighted by molar-refractivity contribution is 6.33. The van der Waals surface area contributed by atoms with Gasteiger partial charge >= 0.3 is 0 Å². The molecule has 0 amide bonds. The summed E-state index contributed by atoms with van der Waals surface area (Å²) in [5.41, 5.74) is 1.73. The average molecular weight is 272 g/mol. The summed E-state index contributed by atoms with van der Waals surface area (Å²) in [6.45, 7) is 4.94. The van der Waals surface area contributed by atoms with Crippen molar-refractivity contribution in [1.29, 1.82) is 0 Å². The number of halogens is 1. The van der Waals surface area contributed by atoms with E-state index in [-0.39, 0.29) is 13.2 Å². The lowest BCUT2D eigenvalue weighted by atomic mass is 10.1. The fraction of sp³-hybridized carbons (Fsp3) is 0.571. The van der Waals surface area contributed by atoms with Gasteiger partial charge in [-0.25, -0.2) is 0 Å². The largest absolute Gasteiger partial charge is 0.395 e. The van der Waals surface area contributed by atoms with E-state index >= 15 is 0 Å². The third-order valence-electron chi connectivity index (χ3n) is 3.23. The number of anilines is 1. The zero-order valence-electron chi connectivity index (χ0n) is 11.1. The van der Waals surface area contributed by atoms with E-state index in [0.29, 0.717) is 17.6 Å². The van der Waals surface area contributed by atoms with Crippen LogP contribution < -0.4 is 4.90 Å². The quantitative estimate of drug-likeness (QED) is 0.801. The number of rotatable bonds is 7. The molecule has 1 rings (SSSR count). The van der Waals surface area contributed by atoms with Crippen LogP contribution in [-0.4, -0.2) is 29.4 Å². The molecule has 0 saturated heterocycles. The van der Waals surface area contributed by atoms with Crippen molar-refractivity contribution in [1.82, 2.24) is 0 Å². The van der Waals surface area contributed by atoms with E-state index in [1.165, 1.54) is 0 Å². The maximum absolute atomic E-state index is 9.20. The maximum Gasteiger partial charge on any atom is 0.0682 e. The molecule has 2 N–H and O–H groups in total. The molecule has 0 heterocycles. The van der Waals surface area contributed by atoms with Crippen LogP contribution in [0, 0.1) is 0 Å². The topological polar surface area (TPSA) is 43.7 Å². The summed E-state index contributed by atoms with van der Waals surface area (Å²) in [6.07, 6.45) is 2.02. The van der Waals surface area contributed by atoms with Gasteiger partial charge < -0.3 is 15.1 Å². The summed E-state index contributed by atoms with van der Waals surface area (Å²) in [6, 6.07) is 5.94. The molecule has 4 heteroatoms. The van der Waals surface area contributed by atoms with Gasteiger partial charge in [-0.3, -0.25) is 0 Å². The Morgan fingerprint density at radius 2 is 1.89 bits per heavy atom. The zero-order chi connectivity index (χ0) is 13.5. The molecular formula is C14H22ClNO2. The summed E-state index contributed by atoms with van der Waals surface area (Å²) < 4.78 is 0. The SMILES string of the molecule is CCC(CC)N(CCO)c1ccc(CO)cc1Cl. The van der Waals surface area contributed by atoms with Gasteiger partial charge in [0.05, 0.1) is 23.9 Å². The van der Waals surface area contributed by atoms with E-state index in [1.54, 1.807) is 6.07 Å². The molecule has 0 atom stereocenters. The summed E-state index contributed by atoms with van der Waals surface area (Å²) in [4.78, 5) is 2.14. The first kappa shape index (κ1) is 15.3. The normalized spacial score (nSPS) is 11.0. The predicted molar refractivity (Wildman–Crippen MR) is 76.2 cm³/mol. The first-order valence-corrected chi connectivity index (χ1v) is 6.82.